The minimum absolute atomic E-state index is 0.0602. The first kappa shape index (κ1) is 21.9. The third-order valence-corrected chi connectivity index (χ3v) is 6.80. The fraction of sp³-hybridized carbons (Fsp3) is 0.421. The van der Waals surface area contributed by atoms with Crippen molar-refractivity contribution in [3.8, 4) is 5.69 Å². The molecule has 1 N–H and O–H groups in total. The number of aromatic nitrogens is 2. The van der Waals surface area contributed by atoms with Crippen LogP contribution in [0.15, 0.2) is 35.5 Å². The fourth-order valence-electron chi connectivity index (χ4n) is 3.19. The molecule has 0 fully saturated rings. The summed E-state index contributed by atoms with van der Waals surface area (Å²) in [6.45, 7) is 0.669. The van der Waals surface area contributed by atoms with E-state index in [9.17, 15) is 18.0 Å². The molecule has 3 rings (SSSR count). The zero-order valence-corrected chi connectivity index (χ0v) is 18.3. The van der Waals surface area contributed by atoms with Crippen LogP contribution in [0.3, 0.4) is 0 Å². The summed E-state index contributed by atoms with van der Waals surface area (Å²) in [6, 6.07) is 6.49. The van der Waals surface area contributed by atoms with E-state index >= 15 is 0 Å². The van der Waals surface area contributed by atoms with E-state index in [1.807, 2.05) is 19.0 Å². The first-order chi connectivity index (χ1) is 14.2. The van der Waals surface area contributed by atoms with Crippen LogP contribution in [0.1, 0.15) is 16.2 Å². The number of rotatable bonds is 6. The van der Waals surface area contributed by atoms with Crippen LogP contribution >= 0.6 is 0 Å². The highest BCUT2D eigenvalue weighted by molar-refractivity contribution is 7.89. The molecule has 2 heterocycles. The SMILES string of the molecule is CNC(=O)CN1Cc2c(C(=O)N(C)CCN(C)C)ncn2-c2ccccc2S1(=O)=O. The molecule has 2 amide bonds. The molecular formula is C19H26N6O4S. The molecule has 0 radical (unpaired) electrons. The Labute approximate surface area is 176 Å². The van der Waals surface area contributed by atoms with Gasteiger partial charge in [-0.25, -0.2) is 13.4 Å². The topological polar surface area (TPSA) is 108 Å². The first-order valence-corrected chi connectivity index (χ1v) is 10.9. The van der Waals surface area contributed by atoms with Gasteiger partial charge in [-0.1, -0.05) is 12.1 Å². The molecule has 1 aromatic heterocycles. The number of benzene rings is 1. The number of sulfonamides is 1. The number of fused-ring (bicyclic) bond motifs is 3. The van der Waals surface area contributed by atoms with Crippen molar-refractivity contribution in [2.24, 2.45) is 0 Å². The van der Waals surface area contributed by atoms with Crippen LogP contribution < -0.4 is 5.32 Å². The molecule has 0 spiro atoms. The Morgan fingerprint density at radius 1 is 1.17 bits per heavy atom. The molecule has 0 aliphatic carbocycles. The van der Waals surface area contributed by atoms with Crippen molar-refractivity contribution >= 4 is 21.8 Å². The highest BCUT2D eigenvalue weighted by Gasteiger charge is 2.36. The van der Waals surface area contributed by atoms with E-state index in [1.165, 1.54) is 19.4 Å². The minimum atomic E-state index is -3.95. The monoisotopic (exact) mass is 434 g/mol. The molecule has 10 nitrogen and oxygen atoms in total. The van der Waals surface area contributed by atoms with Gasteiger partial charge in [-0.2, -0.15) is 4.31 Å². The highest BCUT2D eigenvalue weighted by Crippen LogP contribution is 2.31. The highest BCUT2D eigenvalue weighted by atomic mass is 32.2. The van der Waals surface area contributed by atoms with E-state index in [1.54, 1.807) is 34.7 Å². The van der Waals surface area contributed by atoms with Gasteiger partial charge in [0, 0.05) is 27.2 Å². The normalized spacial score (nSPS) is 15.2. The van der Waals surface area contributed by atoms with E-state index in [2.05, 4.69) is 10.3 Å². The number of imidazole rings is 1. The Morgan fingerprint density at radius 2 is 1.87 bits per heavy atom. The summed E-state index contributed by atoms with van der Waals surface area (Å²) in [5.41, 5.74) is 0.994. The number of hydrogen-bond donors (Lipinski definition) is 1. The van der Waals surface area contributed by atoms with Crippen LogP contribution in [0.4, 0.5) is 0 Å². The molecule has 11 heteroatoms. The number of likely N-dealkylation sites (N-methyl/N-ethyl adjacent to an activating group) is 3. The second-order valence-corrected chi connectivity index (χ2v) is 9.26. The van der Waals surface area contributed by atoms with Gasteiger partial charge in [-0.15, -0.1) is 0 Å². The Morgan fingerprint density at radius 3 is 2.53 bits per heavy atom. The molecule has 2 aromatic rings. The van der Waals surface area contributed by atoms with Gasteiger partial charge in [0.15, 0.2) is 5.69 Å². The van der Waals surface area contributed by atoms with Gasteiger partial charge in [-0.3, -0.25) is 14.2 Å². The number of carbonyl (C=O) groups is 2. The van der Waals surface area contributed by atoms with Gasteiger partial charge in [-0.05, 0) is 26.2 Å². The van der Waals surface area contributed by atoms with Crippen molar-refractivity contribution in [3.05, 3.63) is 42.0 Å². The molecule has 1 aromatic carbocycles. The third-order valence-electron chi connectivity index (χ3n) is 4.97. The van der Waals surface area contributed by atoms with Crippen molar-refractivity contribution in [1.29, 1.82) is 0 Å². The third kappa shape index (κ3) is 4.09. The molecule has 0 bridgehead atoms. The lowest BCUT2D eigenvalue weighted by Gasteiger charge is -2.21. The summed E-state index contributed by atoms with van der Waals surface area (Å²) in [7, 11) is 3.00. The average molecular weight is 435 g/mol. The number of amides is 2. The Bertz CT molecular complexity index is 1060. The Hall–Kier alpha value is -2.76. The largest absolute Gasteiger partial charge is 0.358 e. The van der Waals surface area contributed by atoms with Gasteiger partial charge < -0.3 is 15.1 Å². The average Bonchev–Trinajstić information content (AvgIpc) is 3.10. The van der Waals surface area contributed by atoms with E-state index < -0.39 is 15.9 Å². The van der Waals surface area contributed by atoms with Crippen molar-refractivity contribution in [1.82, 2.24) is 29.0 Å². The summed E-state index contributed by atoms with van der Waals surface area (Å²) in [5, 5.41) is 2.45. The van der Waals surface area contributed by atoms with Crippen LogP contribution in [-0.4, -0.2) is 91.7 Å². The van der Waals surface area contributed by atoms with Crippen LogP contribution in [0, 0.1) is 0 Å². The van der Waals surface area contributed by atoms with Crippen LogP contribution in [0.2, 0.25) is 0 Å². The number of nitrogens with one attached hydrogen (secondary N) is 1. The molecule has 1 aliphatic rings. The Balaban J connectivity index is 2.08. The van der Waals surface area contributed by atoms with Crippen LogP contribution in [-0.2, 0) is 21.4 Å². The lowest BCUT2D eigenvalue weighted by molar-refractivity contribution is -0.120. The van der Waals surface area contributed by atoms with E-state index in [0.717, 1.165) is 4.31 Å². The number of carbonyl (C=O) groups excluding carboxylic acids is 2. The van der Waals surface area contributed by atoms with Crippen molar-refractivity contribution < 1.29 is 18.0 Å². The molecule has 162 valence electrons. The summed E-state index contributed by atoms with van der Waals surface area (Å²) in [4.78, 5) is 32.9. The maximum Gasteiger partial charge on any atom is 0.274 e. The second kappa shape index (κ2) is 8.54. The summed E-state index contributed by atoms with van der Waals surface area (Å²) < 4.78 is 29.2. The predicted octanol–water partition coefficient (Wildman–Crippen LogP) is -0.244. The minimum Gasteiger partial charge on any atom is -0.358 e. The van der Waals surface area contributed by atoms with Gasteiger partial charge in [0.1, 0.15) is 11.2 Å². The van der Waals surface area contributed by atoms with Gasteiger partial charge >= 0.3 is 0 Å². The van der Waals surface area contributed by atoms with E-state index in [-0.39, 0.29) is 29.6 Å². The summed E-state index contributed by atoms with van der Waals surface area (Å²) in [5.74, 6) is -0.748. The van der Waals surface area contributed by atoms with Crippen molar-refractivity contribution in [2.45, 2.75) is 11.4 Å². The lowest BCUT2D eigenvalue weighted by atomic mass is 10.2. The Kier molecular flexibility index (Phi) is 6.25. The second-order valence-electron chi connectivity index (χ2n) is 7.35. The number of para-hydroxylation sites is 1. The first-order valence-electron chi connectivity index (χ1n) is 9.43. The molecule has 1 aliphatic heterocycles. The lowest BCUT2D eigenvalue weighted by Crippen LogP contribution is -2.39. The van der Waals surface area contributed by atoms with Crippen molar-refractivity contribution in [2.75, 3.05) is 47.8 Å². The molecule has 0 saturated heterocycles. The van der Waals surface area contributed by atoms with Gasteiger partial charge in [0.05, 0.1) is 24.5 Å². The predicted molar refractivity (Wildman–Crippen MR) is 111 cm³/mol. The zero-order valence-electron chi connectivity index (χ0n) is 17.5. The summed E-state index contributed by atoms with van der Waals surface area (Å²) in [6.07, 6.45) is 1.46. The molecule has 0 unspecified atom stereocenters. The quantitative estimate of drug-likeness (QED) is 0.672. The van der Waals surface area contributed by atoms with Crippen LogP contribution in [0.25, 0.3) is 5.69 Å². The van der Waals surface area contributed by atoms with E-state index in [4.69, 9.17) is 0 Å². The van der Waals surface area contributed by atoms with Crippen LogP contribution in [0.5, 0.6) is 0 Å². The summed E-state index contributed by atoms with van der Waals surface area (Å²) >= 11 is 0. The molecule has 0 saturated carbocycles. The standard InChI is InChI=1S/C19H26N6O4S/c1-20-17(26)12-24-11-15-18(19(27)23(4)10-9-22(2)3)21-13-25(15)14-7-5-6-8-16(14)30(24,28)29/h5-8,13H,9-12H2,1-4H3,(H,20,26). The molecule has 30 heavy (non-hydrogen) atoms. The number of hydrogen-bond acceptors (Lipinski definition) is 6. The fourth-order valence-corrected chi connectivity index (χ4v) is 4.73. The number of nitrogens with zero attached hydrogens (tertiary/aromatic N) is 5. The maximum atomic E-state index is 13.2. The maximum absolute atomic E-state index is 13.2. The smallest absolute Gasteiger partial charge is 0.274 e. The van der Waals surface area contributed by atoms with Crippen molar-refractivity contribution in [3.63, 3.8) is 0 Å². The zero-order chi connectivity index (χ0) is 22.1. The van der Waals surface area contributed by atoms with E-state index in [0.29, 0.717) is 24.5 Å². The molecule has 0 atom stereocenters. The van der Waals surface area contributed by atoms with Gasteiger partial charge in [0.2, 0.25) is 15.9 Å². The van der Waals surface area contributed by atoms with Gasteiger partial charge in [0.25, 0.3) is 5.91 Å². The molecular weight excluding hydrogens is 408 g/mol.